The van der Waals surface area contributed by atoms with Crippen LogP contribution in [0.2, 0.25) is 0 Å². The zero-order chi connectivity index (χ0) is 15.1. The highest BCUT2D eigenvalue weighted by atomic mass is 16.5. The van der Waals surface area contributed by atoms with Gasteiger partial charge < -0.3 is 20.1 Å². The SMILES string of the molecule is CCC(CC)C(C)NC(=O)N1CCOC(CC(=O)O)C1. The van der Waals surface area contributed by atoms with Gasteiger partial charge in [0.2, 0.25) is 0 Å². The number of aliphatic carboxylic acids is 1. The number of nitrogens with one attached hydrogen (secondary N) is 1. The fraction of sp³-hybridized carbons (Fsp3) is 0.857. The molecule has 0 aliphatic carbocycles. The van der Waals surface area contributed by atoms with Gasteiger partial charge in [0, 0.05) is 19.1 Å². The minimum absolute atomic E-state index is 0.0636. The van der Waals surface area contributed by atoms with E-state index < -0.39 is 12.1 Å². The number of urea groups is 1. The van der Waals surface area contributed by atoms with E-state index in [0.29, 0.717) is 25.6 Å². The van der Waals surface area contributed by atoms with E-state index in [9.17, 15) is 9.59 Å². The predicted molar refractivity (Wildman–Crippen MR) is 75.6 cm³/mol. The maximum Gasteiger partial charge on any atom is 0.317 e. The van der Waals surface area contributed by atoms with Gasteiger partial charge >= 0.3 is 12.0 Å². The minimum atomic E-state index is -0.900. The summed E-state index contributed by atoms with van der Waals surface area (Å²) in [6, 6.07) is 0.00126. The Hall–Kier alpha value is -1.30. The number of rotatable bonds is 6. The molecule has 1 aliphatic rings. The van der Waals surface area contributed by atoms with Gasteiger partial charge in [-0.15, -0.1) is 0 Å². The molecule has 0 spiro atoms. The third-order valence-electron chi connectivity index (χ3n) is 3.94. The van der Waals surface area contributed by atoms with Gasteiger partial charge in [-0.25, -0.2) is 4.79 Å². The number of carboxylic acid groups (broad SMARTS) is 1. The van der Waals surface area contributed by atoms with Gasteiger partial charge in [-0.05, 0) is 12.8 Å². The second-order valence-electron chi connectivity index (χ2n) is 5.35. The Morgan fingerprint density at radius 2 is 2.05 bits per heavy atom. The second kappa shape index (κ2) is 8.09. The van der Waals surface area contributed by atoms with Crippen molar-refractivity contribution in [1.82, 2.24) is 10.2 Å². The average molecular weight is 286 g/mol. The molecule has 0 aromatic heterocycles. The van der Waals surface area contributed by atoms with Crippen LogP contribution in [0, 0.1) is 5.92 Å². The first-order valence-electron chi connectivity index (χ1n) is 7.36. The largest absolute Gasteiger partial charge is 0.481 e. The Morgan fingerprint density at radius 3 is 2.60 bits per heavy atom. The summed E-state index contributed by atoms with van der Waals surface area (Å²) in [5, 5.41) is 11.8. The van der Waals surface area contributed by atoms with Gasteiger partial charge in [-0.2, -0.15) is 0 Å². The van der Waals surface area contributed by atoms with Crippen molar-refractivity contribution in [3.8, 4) is 0 Å². The third kappa shape index (κ3) is 5.00. The summed E-state index contributed by atoms with van der Waals surface area (Å²) in [7, 11) is 0. The van der Waals surface area contributed by atoms with Crippen LogP contribution in [-0.2, 0) is 9.53 Å². The van der Waals surface area contributed by atoms with Crippen LogP contribution in [-0.4, -0.2) is 53.8 Å². The Bertz CT molecular complexity index is 331. The monoisotopic (exact) mass is 286 g/mol. The second-order valence-corrected chi connectivity index (χ2v) is 5.35. The fourth-order valence-electron chi connectivity index (χ4n) is 2.62. The Balaban J connectivity index is 2.48. The van der Waals surface area contributed by atoms with Crippen LogP contribution >= 0.6 is 0 Å². The number of hydrogen-bond acceptors (Lipinski definition) is 3. The van der Waals surface area contributed by atoms with E-state index in [0.717, 1.165) is 12.8 Å². The molecule has 0 aromatic carbocycles. The predicted octanol–water partition coefficient (Wildman–Crippen LogP) is 1.70. The van der Waals surface area contributed by atoms with Crippen LogP contribution < -0.4 is 5.32 Å². The topological polar surface area (TPSA) is 78.9 Å². The van der Waals surface area contributed by atoms with Gasteiger partial charge in [0.05, 0.1) is 19.1 Å². The lowest BCUT2D eigenvalue weighted by Crippen LogP contribution is -2.52. The summed E-state index contributed by atoms with van der Waals surface area (Å²) in [6.45, 7) is 7.50. The van der Waals surface area contributed by atoms with Crippen molar-refractivity contribution in [1.29, 1.82) is 0 Å². The molecule has 2 amide bonds. The van der Waals surface area contributed by atoms with Crippen molar-refractivity contribution in [3.63, 3.8) is 0 Å². The molecule has 0 radical (unpaired) electrons. The van der Waals surface area contributed by atoms with Crippen molar-refractivity contribution in [2.45, 2.75) is 52.2 Å². The average Bonchev–Trinajstić information content (AvgIpc) is 2.39. The molecule has 2 N–H and O–H groups in total. The molecule has 1 rings (SSSR count). The molecule has 6 heteroatoms. The van der Waals surface area contributed by atoms with Crippen molar-refractivity contribution in [2.24, 2.45) is 5.92 Å². The van der Waals surface area contributed by atoms with E-state index in [1.54, 1.807) is 4.90 Å². The van der Waals surface area contributed by atoms with Crippen LogP contribution in [0.3, 0.4) is 0 Å². The van der Waals surface area contributed by atoms with Crippen molar-refractivity contribution < 1.29 is 19.4 Å². The van der Waals surface area contributed by atoms with Crippen LogP contribution in [0.1, 0.15) is 40.0 Å². The van der Waals surface area contributed by atoms with Crippen LogP contribution in [0.4, 0.5) is 4.79 Å². The number of amides is 2. The first kappa shape index (κ1) is 16.8. The Labute approximate surface area is 120 Å². The summed E-state index contributed by atoms with van der Waals surface area (Å²) in [5.74, 6) is -0.433. The normalized spacial score (nSPS) is 20.8. The van der Waals surface area contributed by atoms with Crippen LogP contribution in [0.15, 0.2) is 0 Å². The first-order chi connectivity index (χ1) is 9.47. The third-order valence-corrected chi connectivity index (χ3v) is 3.94. The van der Waals surface area contributed by atoms with E-state index in [1.165, 1.54) is 0 Å². The van der Waals surface area contributed by atoms with Gasteiger partial charge in [0.15, 0.2) is 0 Å². The quantitative estimate of drug-likeness (QED) is 0.779. The van der Waals surface area contributed by atoms with E-state index in [1.807, 2.05) is 6.92 Å². The standard InChI is InChI=1S/C14H26N2O4/c1-4-11(5-2)10(3)15-14(19)16-6-7-20-12(9-16)8-13(17)18/h10-12H,4-9H2,1-3H3,(H,15,19)(H,17,18). The number of carbonyl (C=O) groups is 2. The molecule has 0 bridgehead atoms. The molecule has 0 saturated carbocycles. The smallest absolute Gasteiger partial charge is 0.317 e. The van der Waals surface area contributed by atoms with E-state index in [2.05, 4.69) is 19.2 Å². The summed E-state index contributed by atoms with van der Waals surface area (Å²) in [6.07, 6.45) is 1.59. The summed E-state index contributed by atoms with van der Waals surface area (Å²) in [4.78, 5) is 24.5. The number of morpholine rings is 1. The van der Waals surface area contributed by atoms with Gasteiger partial charge in [-0.3, -0.25) is 4.79 Å². The summed E-state index contributed by atoms with van der Waals surface area (Å²) >= 11 is 0. The molecule has 116 valence electrons. The maximum absolute atomic E-state index is 12.2. The Kier molecular flexibility index (Phi) is 6.78. The Morgan fingerprint density at radius 1 is 1.40 bits per heavy atom. The number of nitrogens with zero attached hydrogens (tertiary/aromatic N) is 1. The number of carbonyl (C=O) groups excluding carboxylic acids is 1. The van der Waals surface area contributed by atoms with E-state index in [-0.39, 0.29) is 18.5 Å². The first-order valence-corrected chi connectivity index (χ1v) is 7.36. The van der Waals surface area contributed by atoms with Crippen molar-refractivity contribution in [3.05, 3.63) is 0 Å². The van der Waals surface area contributed by atoms with Crippen LogP contribution in [0.25, 0.3) is 0 Å². The molecule has 2 atom stereocenters. The highest BCUT2D eigenvalue weighted by Gasteiger charge is 2.27. The van der Waals surface area contributed by atoms with Crippen molar-refractivity contribution >= 4 is 12.0 Å². The number of ether oxygens (including phenoxy) is 1. The molecule has 1 fully saturated rings. The lowest BCUT2D eigenvalue weighted by Gasteiger charge is -2.34. The van der Waals surface area contributed by atoms with E-state index in [4.69, 9.17) is 9.84 Å². The lowest BCUT2D eigenvalue weighted by molar-refractivity contribution is -0.141. The fourth-order valence-corrected chi connectivity index (χ4v) is 2.62. The van der Waals surface area contributed by atoms with Crippen LogP contribution in [0.5, 0.6) is 0 Å². The summed E-state index contributed by atoms with van der Waals surface area (Å²) < 4.78 is 5.36. The minimum Gasteiger partial charge on any atom is -0.481 e. The number of carboxylic acids is 1. The molecular weight excluding hydrogens is 260 g/mol. The van der Waals surface area contributed by atoms with Crippen molar-refractivity contribution in [2.75, 3.05) is 19.7 Å². The molecule has 1 saturated heterocycles. The summed E-state index contributed by atoms with van der Waals surface area (Å²) in [5.41, 5.74) is 0. The molecule has 1 heterocycles. The molecule has 2 unspecified atom stereocenters. The highest BCUT2D eigenvalue weighted by Crippen LogP contribution is 2.14. The molecular formula is C14H26N2O4. The van der Waals surface area contributed by atoms with Gasteiger partial charge in [0.1, 0.15) is 0 Å². The highest BCUT2D eigenvalue weighted by molar-refractivity contribution is 5.75. The van der Waals surface area contributed by atoms with Gasteiger partial charge in [0.25, 0.3) is 0 Å². The molecule has 6 nitrogen and oxygen atoms in total. The zero-order valence-corrected chi connectivity index (χ0v) is 12.6. The van der Waals surface area contributed by atoms with E-state index >= 15 is 0 Å². The molecule has 0 aromatic rings. The maximum atomic E-state index is 12.2. The van der Waals surface area contributed by atoms with Gasteiger partial charge in [-0.1, -0.05) is 26.7 Å². The molecule has 20 heavy (non-hydrogen) atoms. The number of hydrogen-bond donors (Lipinski definition) is 2. The molecule has 1 aliphatic heterocycles. The zero-order valence-electron chi connectivity index (χ0n) is 12.6. The lowest BCUT2D eigenvalue weighted by atomic mass is 9.96.